The van der Waals surface area contributed by atoms with Crippen LogP contribution in [-0.4, -0.2) is 50.4 Å². The maximum Gasteiger partial charge on any atom is 0.264 e. The molecule has 10 heteroatoms. The lowest BCUT2D eigenvalue weighted by atomic mass is 10.1. The molecule has 0 unspecified atom stereocenters. The highest BCUT2D eigenvalue weighted by Gasteiger charge is 2.34. The molecule has 3 aromatic rings. The molecular formula is C33H40ClN3O5S. The van der Waals surface area contributed by atoms with Crippen LogP contribution in [0.1, 0.15) is 57.1 Å². The number of benzene rings is 3. The number of sulfonamides is 1. The number of anilines is 1. The standard InChI is InChI=1S/C33H40ClN3O5S/c1-4-31(33(39)35-27-8-6-7-9-27)36(22-25-12-14-26(34)15-13-25)32(38)23-37(28-16-10-24(3)11-17-28)43(40,41)30-20-18-29(19-21-30)42-5-2/h10-21,27,31H,4-9,22-23H2,1-3H3,(H,35,39)/t31-/m1/s1. The van der Waals surface area contributed by atoms with Gasteiger partial charge in [-0.1, -0.05) is 61.2 Å². The molecule has 4 rings (SSSR count). The lowest BCUT2D eigenvalue weighted by Crippen LogP contribution is -2.53. The zero-order valence-corrected chi connectivity index (χ0v) is 26.5. The number of hydrogen-bond donors (Lipinski definition) is 1. The summed E-state index contributed by atoms with van der Waals surface area (Å²) in [5, 5.41) is 3.68. The highest BCUT2D eigenvalue weighted by Crippen LogP contribution is 2.27. The largest absolute Gasteiger partial charge is 0.494 e. The first-order valence-corrected chi connectivity index (χ1v) is 16.6. The fourth-order valence-electron chi connectivity index (χ4n) is 5.32. The molecule has 0 saturated heterocycles. The van der Waals surface area contributed by atoms with Gasteiger partial charge in [-0.15, -0.1) is 0 Å². The van der Waals surface area contributed by atoms with E-state index >= 15 is 0 Å². The zero-order valence-electron chi connectivity index (χ0n) is 25.0. The fourth-order valence-corrected chi connectivity index (χ4v) is 6.86. The highest BCUT2D eigenvalue weighted by atomic mass is 35.5. The summed E-state index contributed by atoms with van der Waals surface area (Å²) in [6.07, 6.45) is 4.31. The van der Waals surface area contributed by atoms with Crippen LogP contribution in [0.2, 0.25) is 5.02 Å². The second-order valence-corrected chi connectivity index (χ2v) is 13.1. The first kappa shape index (κ1) is 32.4. The van der Waals surface area contributed by atoms with Crippen LogP contribution in [-0.2, 0) is 26.2 Å². The van der Waals surface area contributed by atoms with Gasteiger partial charge in [-0.2, -0.15) is 0 Å². The van der Waals surface area contributed by atoms with Gasteiger partial charge in [0.2, 0.25) is 11.8 Å². The number of aryl methyl sites for hydroxylation is 1. The first-order valence-electron chi connectivity index (χ1n) is 14.8. The van der Waals surface area contributed by atoms with E-state index in [0.29, 0.717) is 29.5 Å². The number of carbonyl (C=O) groups is 2. The Morgan fingerprint density at radius 2 is 1.58 bits per heavy atom. The van der Waals surface area contributed by atoms with Gasteiger partial charge in [-0.05, 0) is 87.2 Å². The van der Waals surface area contributed by atoms with E-state index in [9.17, 15) is 18.0 Å². The van der Waals surface area contributed by atoms with Crippen LogP contribution < -0.4 is 14.4 Å². The van der Waals surface area contributed by atoms with E-state index in [-0.39, 0.29) is 23.4 Å². The lowest BCUT2D eigenvalue weighted by molar-refractivity contribution is -0.140. The third-order valence-electron chi connectivity index (χ3n) is 7.68. The van der Waals surface area contributed by atoms with E-state index in [4.69, 9.17) is 16.3 Å². The number of hydrogen-bond acceptors (Lipinski definition) is 5. The van der Waals surface area contributed by atoms with Crippen LogP contribution in [0.25, 0.3) is 0 Å². The summed E-state index contributed by atoms with van der Waals surface area (Å²) in [6.45, 7) is 5.70. The van der Waals surface area contributed by atoms with Crippen LogP contribution in [0.5, 0.6) is 5.75 Å². The number of ether oxygens (including phenoxy) is 1. The van der Waals surface area contributed by atoms with Crippen LogP contribution in [0.3, 0.4) is 0 Å². The summed E-state index contributed by atoms with van der Waals surface area (Å²) in [6, 6.07) is 19.5. The van der Waals surface area contributed by atoms with Crippen LogP contribution in [0, 0.1) is 6.92 Å². The third-order valence-corrected chi connectivity index (χ3v) is 9.72. The molecule has 8 nitrogen and oxygen atoms in total. The number of carbonyl (C=O) groups excluding carboxylic acids is 2. The molecule has 0 spiro atoms. The van der Waals surface area contributed by atoms with E-state index in [2.05, 4.69) is 5.32 Å². The Hall–Kier alpha value is -3.56. The number of amides is 2. The molecule has 0 aromatic heterocycles. The predicted octanol–water partition coefficient (Wildman–Crippen LogP) is 6.11. The van der Waals surface area contributed by atoms with Gasteiger partial charge in [0.1, 0.15) is 18.3 Å². The van der Waals surface area contributed by atoms with E-state index in [1.165, 1.54) is 17.0 Å². The normalized spacial score (nSPS) is 14.2. The van der Waals surface area contributed by atoms with Crippen molar-refractivity contribution in [3.05, 3.63) is 88.9 Å². The topological polar surface area (TPSA) is 96.0 Å². The van der Waals surface area contributed by atoms with E-state index < -0.39 is 28.5 Å². The van der Waals surface area contributed by atoms with E-state index in [0.717, 1.165) is 41.1 Å². The van der Waals surface area contributed by atoms with Crippen molar-refractivity contribution < 1.29 is 22.7 Å². The molecule has 0 bridgehead atoms. The number of halogens is 1. The summed E-state index contributed by atoms with van der Waals surface area (Å²) in [5.74, 6) is -0.168. The molecular weight excluding hydrogens is 586 g/mol. The highest BCUT2D eigenvalue weighted by molar-refractivity contribution is 7.92. The molecule has 3 aromatic carbocycles. The van der Waals surface area contributed by atoms with Crippen molar-refractivity contribution in [1.29, 1.82) is 0 Å². The molecule has 1 aliphatic rings. The van der Waals surface area contributed by atoms with E-state index in [1.54, 1.807) is 60.7 Å². The Bertz CT molecular complexity index is 1470. The summed E-state index contributed by atoms with van der Waals surface area (Å²) in [5.41, 5.74) is 2.08. The molecule has 0 aliphatic heterocycles. The molecule has 43 heavy (non-hydrogen) atoms. The molecule has 1 atom stereocenters. The minimum absolute atomic E-state index is 0.0274. The predicted molar refractivity (Wildman–Crippen MR) is 170 cm³/mol. The van der Waals surface area contributed by atoms with Crippen molar-refractivity contribution in [3.8, 4) is 5.75 Å². The van der Waals surface area contributed by atoms with Crippen molar-refractivity contribution in [3.63, 3.8) is 0 Å². The second kappa shape index (κ2) is 14.8. The zero-order chi connectivity index (χ0) is 31.0. The summed E-state index contributed by atoms with van der Waals surface area (Å²) >= 11 is 6.10. The summed E-state index contributed by atoms with van der Waals surface area (Å²) in [4.78, 5) is 29.3. The fraction of sp³-hybridized carbons (Fsp3) is 0.394. The van der Waals surface area contributed by atoms with Gasteiger partial charge < -0.3 is 15.0 Å². The smallest absolute Gasteiger partial charge is 0.264 e. The average Bonchev–Trinajstić information content (AvgIpc) is 3.50. The molecule has 1 fully saturated rings. The van der Waals surface area contributed by atoms with Gasteiger partial charge >= 0.3 is 0 Å². The first-order chi connectivity index (χ1) is 20.6. The van der Waals surface area contributed by atoms with Crippen molar-refractivity contribution >= 4 is 39.1 Å². The van der Waals surface area contributed by atoms with Crippen molar-refractivity contribution in [1.82, 2.24) is 10.2 Å². The molecule has 1 saturated carbocycles. The maximum absolute atomic E-state index is 14.2. The summed E-state index contributed by atoms with van der Waals surface area (Å²) < 4.78 is 34.7. The Kier molecular flexibility index (Phi) is 11.1. The molecule has 1 aliphatic carbocycles. The Balaban J connectivity index is 1.70. The molecule has 0 heterocycles. The number of rotatable bonds is 13. The quantitative estimate of drug-likeness (QED) is 0.247. The third kappa shape index (κ3) is 8.30. The number of nitrogens with one attached hydrogen (secondary N) is 1. The second-order valence-electron chi connectivity index (χ2n) is 10.8. The minimum Gasteiger partial charge on any atom is -0.494 e. The van der Waals surface area contributed by atoms with Gasteiger partial charge in [-0.25, -0.2) is 8.42 Å². The van der Waals surface area contributed by atoms with Gasteiger partial charge in [0.05, 0.1) is 17.2 Å². The Labute approximate surface area is 260 Å². The van der Waals surface area contributed by atoms with Crippen molar-refractivity contribution in [2.75, 3.05) is 17.5 Å². The van der Waals surface area contributed by atoms with Crippen LogP contribution >= 0.6 is 11.6 Å². The maximum atomic E-state index is 14.2. The summed E-state index contributed by atoms with van der Waals surface area (Å²) in [7, 11) is -4.16. The van der Waals surface area contributed by atoms with Crippen LogP contribution in [0.15, 0.2) is 77.7 Å². The molecule has 1 N–H and O–H groups in total. The molecule has 230 valence electrons. The van der Waals surface area contributed by atoms with Gasteiger partial charge in [0.15, 0.2) is 0 Å². The number of nitrogens with zero attached hydrogens (tertiary/aromatic N) is 2. The van der Waals surface area contributed by atoms with Crippen molar-refractivity contribution in [2.24, 2.45) is 0 Å². The van der Waals surface area contributed by atoms with Gasteiger partial charge in [-0.3, -0.25) is 13.9 Å². The molecule has 2 amide bonds. The minimum atomic E-state index is -4.16. The Morgan fingerprint density at radius 1 is 0.953 bits per heavy atom. The SMILES string of the molecule is CCOc1ccc(S(=O)(=O)N(CC(=O)N(Cc2ccc(Cl)cc2)[C@H](CC)C(=O)NC2CCCC2)c2ccc(C)cc2)cc1. The average molecular weight is 626 g/mol. The monoisotopic (exact) mass is 625 g/mol. The van der Waals surface area contributed by atoms with Gasteiger partial charge in [0, 0.05) is 17.6 Å². The Morgan fingerprint density at radius 3 is 2.16 bits per heavy atom. The van der Waals surface area contributed by atoms with E-state index in [1.807, 2.05) is 20.8 Å². The van der Waals surface area contributed by atoms with Crippen LogP contribution in [0.4, 0.5) is 5.69 Å². The lowest BCUT2D eigenvalue weighted by Gasteiger charge is -2.33. The molecule has 0 radical (unpaired) electrons. The van der Waals surface area contributed by atoms with Gasteiger partial charge in [0.25, 0.3) is 10.0 Å². The van der Waals surface area contributed by atoms with Crippen molar-refractivity contribution in [2.45, 2.75) is 76.4 Å².